The number of nitrogens with zero attached hydrogens (tertiary/aromatic N) is 4. The summed E-state index contributed by atoms with van der Waals surface area (Å²) in [6.07, 6.45) is 5.40. The molecule has 1 saturated heterocycles. The van der Waals surface area contributed by atoms with Crippen LogP contribution in [0.25, 0.3) is 11.0 Å². The highest BCUT2D eigenvalue weighted by molar-refractivity contribution is 6.33. The molecule has 34 heavy (non-hydrogen) atoms. The quantitative estimate of drug-likeness (QED) is 0.484. The van der Waals surface area contributed by atoms with Crippen molar-refractivity contribution in [3.63, 3.8) is 0 Å². The molecule has 2 aromatic carbocycles. The molecule has 2 amide bonds. The fraction of sp³-hybridized carbons (Fsp3) is 0.192. The third-order valence-corrected chi connectivity index (χ3v) is 6.44. The summed E-state index contributed by atoms with van der Waals surface area (Å²) in [4.78, 5) is 40.9. The lowest BCUT2D eigenvalue weighted by molar-refractivity contribution is 0.0671. The van der Waals surface area contributed by atoms with E-state index in [1.54, 1.807) is 42.9 Å². The molecular weight excluding hydrogens is 450 g/mol. The molecule has 2 atom stereocenters. The molecule has 1 aliphatic rings. The summed E-state index contributed by atoms with van der Waals surface area (Å²) >= 11 is 6.18. The van der Waals surface area contributed by atoms with Gasteiger partial charge >= 0.3 is 0 Å². The molecule has 0 bridgehead atoms. The number of amides is 2. The van der Waals surface area contributed by atoms with Crippen molar-refractivity contribution in [1.29, 1.82) is 0 Å². The molecule has 2 aromatic heterocycles. The normalized spacial score (nSPS) is 18.0. The third kappa shape index (κ3) is 4.47. The Labute approximate surface area is 201 Å². The van der Waals surface area contributed by atoms with Crippen LogP contribution in [-0.4, -0.2) is 50.8 Å². The maximum absolute atomic E-state index is 13.4. The number of benzene rings is 2. The number of pyridine rings is 1. The van der Waals surface area contributed by atoms with Crippen molar-refractivity contribution in [3.8, 4) is 0 Å². The SMILES string of the molecule is O=C(N[C@@H]1CCN(C(=O)c2ccc3nccnc3c2)C[C@@H]1c1ccccc1)c1ncccc1Cl. The molecule has 0 unspecified atom stereocenters. The molecule has 5 rings (SSSR count). The summed E-state index contributed by atoms with van der Waals surface area (Å²) < 4.78 is 0. The summed E-state index contributed by atoms with van der Waals surface area (Å²) in [6.45, 7) is 0.990. The Morgan fingerprint density at radius 3 is 2.50 bits per heavy atom. The van der Waals surface area contributed by atoms with Gasteiger partial charge in [0.15, 0.2) is 0 Å². The van der Waals surface area contributed by atoms with Crippen molar-refractivity contribution in [1.82, 2.24) is 25.2 Å². The minimum absolute atomic E-state index is 0.0639. The maximum atomic E-state index is 13.4. The minimum atomic E-state index is -0.315. The van der Waals surface area contributed by atoms with Crippen molar-refractivity contribution in [2.24, 2.45) is 0 Å². The zero-order chi connectivity index (χ0) is 23.5. The number of halogens is 1. The zero-order valence-electron chi connectivity index (χ0n) is 18.3. The summed E-state index contributed by atoms with van der Waals surface area (Å²) in [5.74, 6) is -0.457. The topological polar surface area (TPSA) is 88.1 Å². The van der Waals surface area contributed by atoms with Gasteiger partial charge in [-0.1, -0.05) is 41.9 Å². The molecular formula is C26H22ClN5O2. The van der Waals surface area contributed by atoms with Crippen molar-refractivity contribution in [3.05, 3.63) is 101 Å². The third-order valence-electron chi connectivity index (χ3n) is 6.13. The van der Waals surface area contributed by atoms with E-state index in [4.69, 9.17) is 11.6 Å². The average Bonchev–Trinajstić information content (AvgIpc) is 2.89. The van der Waals surface area contributed by atoms with E-state index in [1.807, 2.05) is 41.3 Å². The fourth-order valence-electron chi connectivity index (χ4n) is 4.42. The highest BCUT2D eigenvalue weighted by atomic mass is 35.5. The summed E-state index contributed by atoms with van der Waals surface area (Å²) in [5, 5.41) is 3.41. The van der Waals surface area contributed by atoms with Gasteiger partial charge in [0.1, 0.15) is 5.69 Å². The van der Waals surface area contributed by atoms with Crippen LogP contribution >= 0.6 is 11.6 Å². The smallest absolute Gasteiger partial charge is 0.271 e. The first-order valence-electron chi connectivity index (χ1n) is 11.1. The minimum Gasteiger partial charge on any atom is -0.347 e. The van der Waals surface area contributed by atoms with Crippen LogP contribution in [0.2, 0.25) is 5.02 Å². The maximum Gasteiger partial charge on any atom is 0.271 e. The number of likely N-dealkylation sites (tertiary alicyclic amines) is 1. The van der Waals surface area contributed by atoms with Crippen LogP contribution in [0.4, 0.5) is 0 Å². The number of fused-ring (bicyclic) bond motifs is 1. The predicted octanol–water partition coefficient (Wildman–Crippen LogP) is 4.11. The lowest BCUT2D eigenvalue weighted by atomic mass is 9.85. The van der Waals surface area contributed by atoms with E-state index >= 15 is 0 Å². The Bertz CT molecular complexity index is 1350. The summed E-state index contributed by atoms with van der Waals surface area (Å²) in [7, 11) is 0. The highest BCUT2D eigenvalue weighted by Gasteiger charge is 2.34. The van der Waals surface area contributed by atoms with Crippen molar-refractivity contribution in [2.75, 3.05) is 13.1 Å². The zero-order valence-corrected chi connectivity index (χ0v) is 19.0. The van der Waals surface area contributed by atoms with E-state index in [2.05, 4.69) is 20.3 Å². The highest BCUT2D eigenvalue weighted by Crippen LogP contribution is 2.29. The van der Waals surface area contributed by atoms with Crippen LogP contribution in [0.15, 0.2) is 79.3 Å². The molecule has 8 heteroatoms. The summed E-state index contributed by atoms with van der Waals surface area (Å²) in [5.41, 5.74) is 3.26. The van der Waals surface area contributed by atoms with Gasteiger partial charge in [0, 0.05) is 49.2 Å². The number of carbonyl (C=O) groups is 2. The number of carbonyl (C=O) groups excluding carboxylic acids is 2. The summed E-state index contributed by atoms with van der Waals surface area (Å²) in [6, 6.07) is 18.5. The number of nitrogens with one attached hydrogen (secondary N) is 1. The van der Waals surface area contributed by atoms with Gasteiger partial charge in [-0.2, -0.15) is 0 Å². The van der Waals surface area contributed by atoms with Crippen LogP contribution in [0, 0.1) is 0 Å². The number of aromatic nitrogens is 3. The molecule has 0 radical (unpaired) electrons. The number of rotatable bonds is 4. The second-order valence-corrected chi connectivity index (χ2v) is 8.64. The molecule has 1 aliphatic heterocycles. The Morgan fingerprint density at radius 2 is 1.71 bits per heavy atom. The molecule has 170 valence electrons. The lowest BCUT2D eigenvalue weighted by Gasteiger charge is -2.39. The molecule has 0 saturated carbocycles. The first-order chi connectivity index (χ1) is 16.6. The number of hydrogen-bond acceptors (Lipinski definition) is 5. The second kappa shape index (κ2) is 9.57. The van der Waals surface area contributed by atoms with E-state index in [9.17, 15) is 9.59 Å². The van der Waals surface area contributed by atoms with Gasteiger partial charge in [0.2, 0.25) is 0 Å². The Hall–Kier alpha value is -3.84. The van der Waals surface area contributed by atoms with Gasteiger partial charge < -0.3 is 10.2 Å². The fourth-order valence-corrected chi connectivity index (χ4v) is 4.62. The first kappa shape index (κ1) is 22.0. The van der Waals surface area contributed by atoms with Crippen LogP contribution in [0.3, 0.4) is 0 Å². The van der Waals surface area contributed by atoms with Crippen molar-refractivity contribution < 1.29 is 9.59 Å². The van der Waals surface area contributed by atoms with Crippen molar-refractivity contribution >= 4 is 34.4 Å². The van der Waals surface area contributed by atoms with Crippen LogP contribution in [-0.2, 0) is 0 Å². The molecule has 1 fully saturated rings. The van der Waals surface area contributed by atoms with E-state index in [1.165, 1.54) is 0 Å². The van der Waals surface area contributed by atoms with E-state index in [0.717, 1.165) is 11.1 Å². The largest absolute Gasteiger partial charge is 0.347 e. The van der Waals surface area contributed by atoms with Gasteiger partial charge in [0.25, 0.3) is 11.8 Å². The van der Waals surface area contributed by atoms with Gasteiger partial charge in [0.05, 0.1) is 16.1 Å². The van der Waals surface area contributed by atoms with Crippen LogP contribution in [0.1, 0.15) is 38.7 Å². The average molecular weight is 472 g/mol. The van der Waals surface area contributed by atoms with Crippen molar-refractivity contribution in [2.45, 2.75) is 18.4 Å². The van der Waals surface area contributed by atoms with Gasteiger partial charge in [-0.15, -0.1) is 0 Å². The predicted molar refractivity (Wildman–Crippen MR) is 130 cm³/mol. The second-order valence-electron chi connectivity index (χ2n) is 8.23. The monoisotopic (exact) mass is 471 g/mol. The Morgan fingerprint density at radius 1 is 0.912 bits per heavy atom. The Kier molecular flexibility index (Phi) is 6.18. The lowest BCUT2D eigenvalue weighted by Crippen LogP contribution is -2.51. The van der Waals surface area contributed by atoms with Crippen LogP contribution < -0.4 is 5.32 Å². The standard InChI is InChI=1S/C26H22ClN5O2/c27-20-7-4-11-30-24(20)25(33)31-21-10-14-32(16-19(21)17-5-2-1-3-6-17)26(34)18-8-9-22-23(15-18)29-13-12-28-22/h1-9,11-13,15,19,21H,10,14,16H2,(H,31,33)/t19-,21-/m1/s1. The molecule has 0 spiro atoms. The molecule has 7 nitrogen and oxygen atoms in total. The van der Waals surface area contributed by atoms with E-state index in [0.29, 0.717) is 35.6 Å². The molecule has 0 aliphatic carbocycles. The number of piperidine rings is 1. The first-order valence-corrected chi connectivity index (χ1v) is 11.4. The molecule has 4 aromatic rings. The van der Waals surface area contributed by atoms with Gasteiger partial charge in [-0.3, -0.25) is 19.6 Å². The van der Waals surface area contributed by atoms with Crippen LogP contribution in [0.5, 0.6) is 0 Å². The van der Waals surface area contributed by atoms with E-state index in [-0.39, 0.29) is 29.5 Å². The number of hydrogen-bond donors (Lipinski definition) is 1. The molecule has 1 N–H and O–H groups in total. The van der Waals surface area contributed by atoms with Gasteiger partial charge in [-0.25, -0.2) is 4.98 Å². The molecule has 3 heterocycles. The Balaban J connectivity index is 1.39. The van der Waals surface area contributed by atoms with Gasteiger partial charge in [-0.05, 0) is 42.3 Å². The van der Waals surface area contributed by atoms with E-state index < -0.39 is 0 Å².